The standard InChI is InChI=1S/C11H20N2O2/c1-8-6-13(7-9(2)15-8)11(14)10-4-3-5-12-10/h8-10,12H,3-7H2,1-2H3/t8-,9+,10-/m0/s1. The molecule has 2 fully saturated rings. The number of amides is 1. The van der Waals surface area contributed by atoms with E-state index in [1.165, 1.54) is 0 Å². The molecule has 86 valence electrons. The van der Waals surface area contributed by atoms with E-state index in [2.05, 4.69) is 5.32 Å². The van der Waals surface area contributed by atoms with Gasteiger partial charge in [-0.2, -0.15) is 0 Å². The summed E-state index contributed by atoms with van der Waals surface area (Å²) in [6.07, 6.45) is 2.43. The lowest BCUT2D eigenvalue weighted by Crippen LogP contribution is -2.53. The maximum atomic E-state index is 12.1. The maximum absolute atomic E-state index is 12.1. The summed E-state index contributed by atoms with van der Waals surface area (Å²) in [4.78, 5) is 14.0. The molecule has 0 radical (unpaired) electrons. The van der Waals surface area contributed by atoms with Crippen LogP contribution in [-0.2, 0) is 9.53 Å². The summed E-state index contributed by atoms with van der Waals surface area (Å²) in [6.45, 7) is 6.50. The first-order valence-electron chi connectivity index (χ1n) is 5.84. The summed E-state index contributed by atoms with van der Waals surface area (Å²) >= 11 is 0. The van der Waals surface area contributed by atoms with E-state index < -0.39 is 0 Å². The third-order valence-corrected chi connectivity index (χ3v) is 3.09. The Morgan fingerprint density at radius 3 is 2.53 bits per heavy atom. The van der Waals surface area contributed by atoms with Crippen LogP contribution < -0.4 is 5.32 Å². The van der Waals surface area contributed by atoms with E-state index in [0.717, 1.165) is 32.5 Å². The largest absolute Gasteiger partial charge is 0.372 e. The van der Waals surface area contributed by atoms with Crippen LogP contribution in [0.25, 0.3) is 0 Å². The van der Waals surface area contributed by atoms with Crippen molar-refractivity contribution in [2.45, 2.75) is 44.9 Å². The van der Waals surface area contributed by atoms with Crippen LogP contribution in [0.3, 0.4) is 0 Å². The van der Waals surface area contributed by atoms with Crippen LogP contribution in [0, 0.1) is 0 Å². The van der Waals surface area contributed by atoms with E-state index in [9.17, 15) is 4.79 Å². The quantitative estimate of drug-likeness (QED) is 0.683. The third-order valence-electron chi connectivity index (χ3n) is 3.09. The van der Waals surface area contributed by atoms with Gasteiger partial charge in [0.1, 0.15) is 0 Å². The number of nitrogens with one attached hydrogen (secondary N) is 1. The zero-order valence-electron chi connectivity index (χ0n) is 9.53. The van der Waals surface area contributed by atoms with Gasteiger partial charge in [-0.25, -0.2) is 0 Å². The van der Waals surface area contributed by atoms with E-state index in [4.69, 9.17) is 4.74 Å². The second kappa shape index (κ2) is 4.49. The highest BCUT2D eigenvalue weighted by Gasteiger charge is 2.31. The fourth-order valence-electron chi connectivity index (χ4n) is 2.47. The Hall–Kier alpha value is -0.610. The minimum absolute atomic E-state index is 0.0579. The normalized spacial score (nSPS) is 36.9. The summed E-state index contributed by atoms with van der Waals surface area (Å²) in [5.74, 6) is 0.259. The lowest BCUT2D eigenvalue weighted by atomic mass is 10.1. The Balaban J connectivity index is 1.93. The first-order chi connectivity index (χ1) is 7.16. The molecule has 4 nitrogen and oxygen atoms in total. The SMILES string of the molecule is C[C@@H]1CN(C(=O)[C@@H]2CCCN2)C[C@H](C)O1. The van der Waals surface area contributed by atoms with Crippen LogP contribution in [0.15, 0.2) is 0 Å². The number of nitrogens with zero attached hydrogens (tertiary/aromatic N) is 1. The summed E-state index contributed by atoms with van der Waals surface area (Å²) in [7, 11) is 0. The molecule has 0 aromatic rings. The molecule has 1 N–H and O–H groups in total. The first kappa shape index (κ1) is 10.9. The number of rotatable bonds is 1. The van der Waals surface area contributed by atoms with E-state index in [1.54, 1.807) is 0 Å². The van der Waals surface area contributed by atoms with Crippen LogP contribution in [0.4, 0.5) is 0 Å². The zero-order chi connectivity index (χ0) is 10.8. The van der Waals surface area contributed by atoms with Gasteiger partial charge in [0, 0.05) is 13.1 Å². The summed E-state index contributed by atoms with van der Waals surface area (Å²) in [5.41, 5.74) is 0. The number of hydrogen-bond acceptors (Lipinski definition) is 3. The number of ether oxygens (including phenoxy) is 1. The van der Waals surface area contributed by atoms with E-state index in [-0.39, 0.29) is 24.2 Å². The van der Waals surface area contributed by atoms with Gasteiger partial charge in [0.2, 0.25) is 5.91 Å². The van der Waals surface area contributed by atoms with Crippen molar-refractivity contribution >= 4 is 5.91 Å². The molecular formula is C11H20N2O2. The monoisotopic (exact) mass is 212 g/mol. The average Bonchev–Trinajstić information content (AvgIpc) is 2.67. The molecule has 0 aliphatic carbocycles. The van der Waals surface area contributed by atoms with Crippen molar-refractivity contribution in [2.75, 3.05) is 19.6 Å². The lowest BCUT2D eigenvalue weighted by molar-refractivity contribution is -0.145. The molecular weight excluding hydrogens is 192 g/mol. The van der Waals surface area contributed by atoms with Crippen molar-refractivity contribution in [2.24, 2.45) is 0 Å². The van der Waals surface area contributed by atoms with Crippen LogP contribution in [0.1, 0.15) is 26.7 Å². The fourth-order valence-corrected chi connectivity index (χ4v) is 2.47. The molecule has 2 rings (SSSR count). The van der Waals surface area contributed by atoms with Gasteiger partial charge in [-0.15, -0.1) is 0 Å². The highest BCUT2D eigenvalue weighted by Crippen LogP contribution is 2.15. The van der Waals surface area contributed by atoms with Crippen LogP contribution in [0.5, 0.6) is 0 Å². The molecule has 0 unspecified atom stereocenters. The molecule has 2 saturated heterocycles. The molecule has 0 saturated carbocycles. The Labute approximate surface area is 91.0 Å². The van der Waals surface area contributed by atoms with Crippen molar-refractivity contribution < 1.29 is 9.53 Å². The molecule has 0 aromatic carbocycles. The first-order valence-corrected chi connectivity index (χ1v) is 5.84. The highest BCUT2D eigenvalue weighted by atomic mass is 16.5. The molecule has 2 heterocycles. The molecule has 4 heteroatoms. The Morgan fingerprint density at radius 1 is 1.33 bits per heavy atom. The molecule has 3 atom stereocenters. The molecule has 0 bridgehead atoms. The van der Waals surface area contributed by atoms with Crippen molar-refractivity contribution in [1.82, 2.24) is 10.2 Å². The molecule has 0 spiro atoms. The highest BCUT2D eigenvalue weighted by molar-refractivity contribution is 5.82. The smallest absolute Gasteiger partial charge is 0.239 e. The minimum atomic E-state index is 0.0579. The van der Waals surface area contributed by atoms with Gasteiger partial charge >= 0.3 is 0 Å². The van der Waals surface area contributed by atoms with Gasteiger partial charge in [-0.1, -0.05) is 0 Å². The van der Waals surface area contributed by atoms with E-state index in [1.807, 2.05) is 18.7 Å². The Kier molecular flexibility index (Phi) is 3.26. The molecule has 2 aliphatic rings. The Bertz CT molecular complexity index is 229. The lowest BCUT2D eigenvalue weighted by Gasteiger charge is -2.36. The maximum Gasteiger partial charge on any atom is 0.239 e. The van der Waals surface area contributed by atoms with E-state index in [0.29, 0.717) is 0 Å². The van der Waals surface area contributed by atoms with Crippen LogP contribution >= 0.6 is 0 Å². The van der Waals surface area contributed by atoms with Gasteiger partial charge in [-0.3, -0.25) is 4.79 Å². The van der Waals surface area contributed by atoms with Crippen molar-refractivity contribution in [3.8, 4) is 0 Å². The summed E-state index contributed by atoms with van der Waals surface area (Å²) < 4.78 is 5.61. The fraction of sp³-hybridized carbons (Fsp3) is 0.909. The van der Waals surface area contributed by atoms with Gasteiger partial charge < -0.3 is 15.0 Å². The third kappa shape index (κ3) is 2.49. The molecule has 0 aromatic heterocycles. The Morgan fingerprint density at radius 2 is 2.00 bits per heavy atom. The molecule has 15 heavy (non-hydrogen) atoms. The second-order valence-electron chi connectivity index (χ2n) is 4.65. The average molecular weight is 212 g/mol. The summed E-state index contributed by atoms with van der Waals surface area (Å²) in [6, 6.07) is 0.0579. The summed E-state index contributed by atoms with van der Waals surface area (Å²) in [5, 5.41) is 3.25. The number of hydrogen-bond donors (Lipinski definition) is 1. The number of morpholine rings is 1. The van der Waals surface area contributed by atoms with Crippen molar-refractivity contribution in [3.05, 3.63) is 0 Å². The predicted octanol–water partition coefficient (Wildman–Crippen LogP) is 0.374. The number of carbonyl (C=O) groups is 1. The van der Waals surface area contributed by atoms with Gasteiger partial charge in [-0.05, 0) is 33.2 Å². The molecule has 1 amide bonds. The topological polar surface area (TPSA) is 41.6 Å². The number of carbonyl (C=O) groups excluding carboxylic acids is 1. The van der Waals surface area contributed by atoms with Gasteiger partial charge in [0.25, 0.3) is 0 Å². The van der Waals surface area contributed by atoms with Crippen LogP contribution in [0.2, 0.25) is 0 Å². The van der Waals surface area contributed by atoms with Gasteiger partial charge in [0.05, 0.1) is 18.2 Å². The van der Waals surface area contributed by atoms with Gasteiger partial charge in [0.15, 0.2) is 0 Å². The van der Waals surface area contributed by atoms with Crippen molar-refractivity contribution in [3.63, 3.8) is 0 Å². The van der Waals surface area contributed by atoms with Crippen molar-refractivity contribution in [1.29, 1.82) is 0 Å². The second-order valence-corrected chi connectivity index (χ2v) is 4.65. The van der Waals surface area contributed by atoms with E-state index >= 15 is 0 Å². The predicted molar refractivity (Wildman–Crippen MR) is 57.6 cm³/mol. The zero-order valence-corrected chi connectivity index (χ0v) is 9.53. The van der Waals surface area contributed by atoms with Crippen LogP contribution in [-0.4, -0.2) is 48.7 Å². The molecule has 2 aliphatic heterocycles. The minimum Gasteiger partial charge on any atom is -0.372 e.